The highest BCUT2D eigenvalue weighted by Gasteiger charge is 2.40. The summed E-state index contributed by atoms with van der Waals surface area (Å²) in [6.07, 6.45) is 9.06. The molecular weight excluding hydrogens is 228 g/mol. The van der Waals surface area contributed by atoms with Crippen LogP contribution in [-0.2, 0) is 0 Å². The van der Waals surface area contributed by atoms with Crippen molar-refractivity contribution in [3.63, 3.8) is 0 Å². The summed E-state index contributed by atoms with van der Waals surface area (Å²) in [6.45, 7) is 13.0. The monoisotopic (exact) mass is 252 g/mol. The Bertz CT molecular complexity index is 345. The highest BCUT2D eigenvalue weighted by molar-refractivity contribution is 6.29. The fourth-order valence-corrected chi connectivity index (χ4v) is 3.08. The highest BCUT2D eigenvalue weighted by atomic mass is 35.5. The minimum absolute atomic E-state index is 0.231. The van der Waals surface area contributed by atoms with Crippen LogP contribution in [0.2, 0.25) is 0 Å². The largest absolute Gasteiger partial charge is 0.0898 e. The summed E-state index contributed by atoms with van der Waals surface area (Å²) in [5, 5.41) is 0.789. The molecule has 1 fully saturated rings. The summed E-state index contributed by atoms with van der Waals surface area (Å²) >= 11 is 6.00. The van der Waals surface area contributed by atoms with Crippen molar-refractivity contribution in [1.29, 1.82) is 0 Å². The normalized spacial score (nSPS) is 27.9. The number of halogens is 1. The van der Waals surface area contributed by atoms with E-state index in [0.717, 1.165) is 30.7 Å². The van der Waals surface area contributed by atoms with Gasteiger partial charge in [-0.25, -0.2) is 0 Å². The van der Waals surface area contributed by atoms with Crippen molar-refractivity contribution in [1.82, 2.24) is 0 Å². The van der Waals surface area contributed by atoms with Crippen molar-refractivity contribution in [3.05, 3.63) is 34.9 Å². The van der Waals surface area contributed by atoms with Gasteiger partial charge in [0.25, 0.3) is 0 Å². The predicted octanol–water partition coefficient (Wildman–Crippen LogP) is 5.85. The second kappa shape index (κ2) is 5.91. The fraction of sp³-hybridized carbons (Fsp3) is 0.625. The molecule has 0 spiro atoms. The van der Waals surface area contributed by atoms with Crippen LogP contribution in [0.25, 0.3) is 0 Å². The van der Waals surface area contributed by atoms with E-state index in [1.165, 1.54) is 11.1 Å². The molecule has 0 saturated heterocycles. The Hall–Kier alpha value is -0.490. The molecule has 1 saturated carbocycles. The first-order valence-corrected chi connectivity index (χ1v) is 7.04. The third-order valence-electron chi connectivity index (χ3n) is 3.85. The van der Waals surface area contributed by atoms with E-state index in [9.17, 15) is 0 Å². The molecule has 0 heterocycles. The van der Waals surface area contributed by atoms with E-state index in [0.29, 0.717) is 5.92 Å². The standard InChI is InChI=1S/C16H25Cl/c1-6-8-13-11-14(10-12(3)17)16(4,5)15(13)9-7-2/h8-9,14H,3,6-7,10-11H2,1-2,4-5H3/b13-8-,15-9+. The molecule has 1 rings (SSSR count). The topological polar surface area (TPSA) is 0 Å². The van der Waals surface area contributed by atoms with Gasteiger partial charge >= 0.3 is 0 Å². The molecule has 1 aliphatic rings. The molecule has 0 aromatic rings. The Morgan fingerprint density at radius 3 is 2.41 bits per heavy atom. The van der Waals surface area contributed by atoms with E-state index in [1.807, 2.05) is 0 Å². The minimum atomic E-state index is 0.231. The highest BCUT2D eigenvalue weighted by Crippen LogP contribution is 2.52. The molecule has 0 aromatic carbocycles. The molecule has 1 atom stereocenters. The molecule has 0 amide bonds. The second-order valence-corrected chi connectivity index (χ2v) is 6.04. The lowest BCUT2D eigenvalue weighted by Gasteiger charge is -2.28. The van der Waals surface area contributed by atoms with Crippen LogP contribution < -0.4 is 0 Å². The molecule has 0 radical (unpaired) electrons. The lowest BCUT2D eigenvalue weighted by Crippen LogP contribution is -2.19. The van der Waals surface area contributed by atoms with Gasteiger partial charge in [0.15, 0.2) is 0 Å². The van der Waals surface area contributed by atoms with Crippen LogP contribution >= 0.6 is 11.6 Å². The smallest absolute Gasteiger partial charge is 0.0112 e. The maximum Gasteiger partial charge on any atom is 0.0112 e. The summed E-state index contributed by atoms with van der Waals surface area (Å²) in [4.78, 5) is 0. The van der Waals surface area contributed by atoms with Crippen LogP contribution in [0, 0.1) is 11.3 Å². The van der Waals surface area contributed by atoms with Crippen LogP contribution in [-0.4, -0.2) is 0 Å². The molecule has 0 N–H and O–H groups in total. The zero-order valence-corrected chi connectivity index (χ0v) is 12.4. The molecule has 0 aromatic heterocycles. The van der Waals surface area contributed by atoms with Crippen molar-refractivity contribution in [2.75, 3.05) is 0 Å². The van der Waals surface area contributed by atoms with Crippen molar-refractivity contribution in [3.8, 4) is 0 Å². The Labute approximate surface area is 111 Å². The lowest BCUT2D eigenvalue weighted by molar-refractivity contribution is 0.307. The Kier molecular flexibility index (Phi) is 5.06. The Morgan fingerprint density at radius 2 is 1.94 bits per heavy atom. The van der Waals surface area contributed by atoms with Crippen LogP contribution in [0.4, 0.5) is 0 Å². The molecule has 96 valence electrons. The Balaban J connectivity index is 3.05. The zero-order valence-electron chi connectivity index (χ0n) is 11.6. The van der Waals surface area contributed by atoms with E-state index in [1.54, 1.807) is 0 Å². The van der Waals surface area contributed by atoms with Gasteiger partial charge in [0.05, 0.1) is 0 Å². The summed E-state index contributed by atoms with van der Waals surface area (Å²) < 4.78 is 0. The van der Waals surface area contributed by atoms with E-state index >= 15 is 0 Å². The van der Waals surface area contributed by atoms with Gasteiger partial charge in [-0.15, -0.1) is 0 Å². The average Bonchev–Trinajstić information content (AvgIpc) is 2.43. The van der Waals surface area contributed by atoms with Gasteiger partial charge in [-0.2, -0.15) is 0 Å². The first kappa shape index (κ1) is 14.6. The van der Waals surface area contributed by atoms with E-state index in [-0.39, 0.29) is 5.41 Å². The summed E-state index contributed by atoms with van der Waals surface area (Å²) in [7, 11) is 0. The maximum absolute atomic E-state index is 6.00. The van der Waals surface area contributed by atoms with Gasteiger partial charge in [0, 0.05) is 5.03 Å². The van der Waals surface area contributed by atoms with Crippen molar-refractivity contribution < 1.29 is 0 Å². The molecule has 0 bridgehead atoms. The first-order chi connectivity index (χ1) is 7.93. The SMILES string of the molecule is C=C(Cl)CC1CC(=C/CC)/C(=C\CC)C1(C)C. The molecular formula is C16H25Cl. The number of hydrogen-bond donors (Lipinski definition) is 0. The van der Waals surface area contributed by atoms with Gasteiger partial charge < -0.3 is 0 Å². The summed E-state index contributed by atoms with van der Waals surface area (Å²) in [5.41, 5.74) is 3.29. The molecule has 1 aliphatic carbocycles. The minimum Gasteiger partial charge on any atom is -0.0898 e. The molecule has 1 heteroatoms. The second-order valence-electron chi connectivity index (χ2n) is 5.51. The maximum atomic E-state index is 6.00. The summed E-state index contributed by atoms with van der Waals surface area (Å²) in [6, 6.07) is 0. The molecule has 0 aliphatic heterocycles. The van der Waals surface area contributed by atoms with Gasteiger partial charge in [-0.3, -0.25) is 0 Å². The molecule has 0 nitrogen and oxygen atoms in total. The van der Waals surface area contributed by atoms with Gasteiger partial charge in [-0.1, -0.05) is 58.0 Å². The van der Waals surface area contributed by atoms with Crippen LogP contribution in [0.3, 0.4) is 0 Å². The quantitative estimate of drug-likeness (QED) is 0.589. The number of rotatable bonds is 4. The molecule has 17 heavy (non-hydrogen) atoms. The summed E-state index contributed by atoms with van der Waals surface area (Å²) in [5.74, 6) is 0.600. The van der Waals surface area contributed by atoms with Gasteiger partial charge in [0.1, 0.15) is 0 Å². The van der Waals surface area contributed by atoms with Crippen molar-refractivity contribution >= 4 is 11.6 Å². The van der Waals surface area contributed by atoms with Crippen LogP contribution in [0.5, 0.6) is 0 Å². The average molecular weight is 253 g/mol. The third kappa shape index (κ3) is 3.25. The first-order valence-electron chi connectivity index (χ1n) is 6.66. The Morgan fingerprint density at radius 1 is 1.35 bits per heavy atom. The van der Waals surface area contributed by atoms with Crippen LogP contribution in [0.15, 0.2) is 34.9 Å². The number of allylic oxidation sites excluding steroid dienone is 5. The zero-order chi connectivity index (χ0) is 13.1. The van der Waals surface area contributed by atoms with Gasteiger partial charge in [0.2, 0.25) is 0 Å². The van der Waals surface area contributed by atoms with E-state index < -0.39 is 0 Å². The third-order valence-corrected chi connectivity index (χ3v) is 4.01. The van der Waals surface area contributed by atoms with Crippen LogP contribution in [0.1, 0.15) is 53.4 Å². The van der Waals surface area contributed by atoms with E-state index in [2.05, 4.69) is 46.4 Å². The van der Waals surface area contributed by atoms with Crippen molar-refractivity contribution in [2.24, 2.45) is 11.3 Å². The van der Waals surface area contributed by atoms with Gasteiger partial charge in [-0.05, 0) is 48.2 Å². The fourth-order valence-electron chi connectivity index (χ4n) is 2.90. The lowest BCUT2D eigenvalue weighted by atomic mass is 9.77. The van der Waals surface area contributed by atoms with Crippen molar-refractivity contribution in [2.45, 2.75) is 53.4 Å². The molecule has 1 unspecified atom stereocenters. The van der Waals surface area contributed by atoms with E-state index in [4.69, 9.17) is 11.6 Å². The number of hydrogen-bond acceptors (Lipinski definition) is 0. The predicted molar refractivity (Wildman–Crippen MR) is 78.2 cm³/mol.